The summed E-state index contributed by atoms with van der Waals surface area (Å²) < 4.78 is 39.5. The van der Waals surface area contributed by atoms with E-state index in [0.29, 0.717) is 19.5 Å². The molecular formula is C18H22F3N5O. The number of halogens is 3. The summed E-state index contributed by atoms with van der Waals surface area (Å²) in [5.74, 6) is 0.847. The highest BCUT2D eigenvalue weighted by Crippen LogP contribution is 2.34. The van der Waals surface area contributed by atoms with Gasteiger partial charge in [-0.2, -0.15) is 13.2 Å². The lowest BCUT2D eigenvalue weighted by Crippen LogP contribution is -2.33. The number of rotatable bonds is 5. The number of likely N-dealkylation sites (tertiary alicyclic amines) is 1. The summed E-state index contributed by atoms with van der Waals surface area (Å²) in [6.45, 7) is 2.80. The highest BCUT2D eigenvalue weighted by molar-refractivity contribution is 6.01. The van der Waals surface area contributed by atoms with Crippen molar-refractivity contribution in [2.45, 2.75) is 44.4 Å². The number of H-pyrrole nitrogens is 1. The second-order valence-electron chi connectivity index (χ2n) is 7.20. The smallest absolute Gasteiger partial charge is 0.389 e. The Morgan fingerprint density at radius 1 is 1.37 bits per heavy atom. The second-order valence-corrected chi connectivity index (χ2v) is 7.20. The van der Waals surface area contributed by atoms with Crippen molar-refractivity contribution in [3.63, 3.8) is 0 Å². The van der Waals surface area contributed by atoms with Crippen LogP contribution in [-0.2, 0) is 0 Å². The van der Waals surface area contributed by atoms with Crippen molar-refractivity contribution in [2.24, 2.45) is 0 Å². The Morgan fingerprint density at radius 3 is 2.93 bits per heavy atom. The van der Waals surface area contributed by atoms with Gasteiger partial charge in [-0.05, 0) is 32.4 Å². The first-order chi connectivity index (χ1) is 12.9. The van der Waals surface area contributed by atoms with Crippen LogP contribution in [0.3, 0.4) is 0 Å². The van der Waals surface area contributed by atoms with Gasteiger partial charge in [0.05, 0.1) is 18.3 Å². The Morgan fingerprint density at radius 2 is 2.19 bits per heavy atom. The predicted octanol–water partition coefficient (Wildman–Crippen LogP) is 3.17. The Bertz CT molecular complexity index is 948. The third kappa shape index (κ3) is 3.41. The fourth-order valence-corrected chi connectivity index (χ4v) is 4.25. The van der Waals surface area contributed by atoms with Crippen molar-refractivity contribution in [3.8, 4) is 0 Å². The number of aromatic nitrogens is 4. The lowest BCUT2D eigenvalue weighted by molar-refractivity contribution is -0.136. The monoisotopic (exact) mass is 381 g/mol. The molecule has 2 N–H and O–H groups in total. The van der Waals surface area contributed by atoms with Crippen LogP contribution < -0.4 is 0 Å². The van der Waals surface area contributed by atoms with Gasteiger partial charge in [-0.15, -0.1) is 0 Å². The predicted molar refractivity (Wildman–Crippen MR) is 95.5 cm³/mol. The summed E-state index contributed by atoms with van der Waals surface area (Å²) in [6, 6.07) is 1.88. The summed E-state index contributed by atoms with van der Waals surface area (Å²) in [4.78, 5) is 14.1. The van der Waals surface area contributed by atoms with Gasteiger partial charge in [0.1, 0.15) is 17.0 Å². The molecule has 1 aliphatic rings. The molecule has 1 fully saturated rings. The summed E-state index contributed by atoms with van der Waals surface area (Å²) in [5.41, 5.74) is 2.57. The second kappa shape index (κ2) is 6.79. The maximum absolute atomic E-state index is 12.5. The lowest BCUT2D eigenvalue weighted by atomic mass is 10.1. The van der Waals surface area contributed by atoms with E-state index in [1.165, 1.54) is 0 Å². The van der Waals surface area contributed by atoms with E-state index in [4.69, 9.17) is 0 Å². The molecule has 0 bridgehead atoms. The molecule has 0 aliphatic carbocycles. The number of hydrogen-bond acceptors (Lipinski definition) is 4. The Hall–Kier alpha value is -2.13. The van der Waals surface area contributed by atoms with Gasteiger partial charge < -0.3 is 14.7 Å². The zero-order valence-electron chi connectivity index (χ0n) is 15.0. The SMILES string of the molecule is Cc1nc2cnc3[nH]ccc3c2n1C1CC(CO)N(CCCC(F)(F)F)C1. The minimum absolute atomic E-state index is 0.0440. The number of alkyl halides is 3. The van der Waals surface area contributed by atoms with Crippen molar-refractivity contribution < 1.29 is 18.3 Å². The van der Waals surface area contributed by atoms with Crippen molar-refractivity contribution in [1.29, 1.82) is 0 Å². The number of aromatic amines is 1. The van der Waals surface area contributed by atoms with E-state index >= 15 is 0 Å². The van der Waals surface area contributed by atoms with Crippen molar-refractivity contribution in [3.05, 3.63) is 24.3 Å². The first-order valence-corrected chi connectivity index (χ1v) is 9.09. The van der Waals surface area contributed by atoms with E-state index in [1.54, 1.807) is 6.20 Å². The molecule has 3 aromatic rings. The number of aryl methyl sites for hydroxylation is 1. The lowest BCUT2D eigenvalue weighted by Gasteiger charge is -2.22. The van der Waals surface area contributed by atoms with Crippen molar-refractivity contribution in [1.82, 2.24) is 24.4 Å². The maximum atomic E-state index is 12.5. The number of fused-ring (bicyclic) bond motifs is 3. The Labute approximate surface area is 154 Å². The zero-order chi connectivity index (χ0) is 19.2. The van der Waals surface area contributed by atoms with Gasteiger partial charge in [0.2, 0.25) is 0 Å². The maximum Gasteiger partial charge on any atom is 0.389 e. The molecule has 27 heavy (non-hydrogen) atoms. The number of imidazole rings is 1. The normalized spacial score (nSPS) is 21.7. The fourth-order valence-electron chi connectivity index (χ4n) is 4.25. The van der Waals surface area contributed by atoms with Crippen LogP contribution in [0.1, 0.15) is 31.1 Å². The van der Waals surface area contributed by atoms with Crippen LogP contribution in [-0.4, -0.2) is 61.4 Å². The summed E-state index contributed by atoms with van der Waals surface area (Å²) in [7, 11) is 0. The van der Waals surface area contributed by atoms with Gasteiger partial charge in [-0.25, -0.2) is 9.97 Å². The standard InChI is InChI=1S/C18H22F3N5O/c1-11-24-15-8-23-17-14(3-5-22-17)16(15)26(11)12-7-13(10-27)25(9-12)6-2-4-18(19,20)21/h3,5,8,12-13,27H,2,4,6-7,9-10H2,1H3,(H,22,23). The third-order valence-electron chi connectivity index (χ3n) is 5.40. The van der Waals surface area contributed by atoms with Gasteiger partial charge in [-0.1, -0.05) is 0 Å². The van der Waals surface area contributed by atoms with Crippen LogP contribution in [0.5, 0.6) is 0 Å². The van der Waals surface area contributed by atoms with Crippen LogP contribution in [0.25, 0.3) is 22.1 Å². The van der Waals surface area contributed by atoms with Crippen molar-refractivity contribution >= 4 is 22.1 Å². The topological polar surface area (TPSA) is 70.0 Å². The number of nitrogens with one attached hydrogen (secondary N) is 1. The number of nitrogens with zero attached hydrogens (tertiary/aromatic N) is 4. The molecule has 146 valence electrons. The molecule has 1 saturated heterocycles. The molecule has 0 spiro atoms. The average Bonchev–Trinajstić information content (AvgIpc) is 3.28. The molecule has 4 rings (SSSR count). The van der Waals surface area contributed by atoms with Crippen LogP contribution in [0.2, 0.25) is 0 Å². The van der Waals surface area contributed by atoms with E-state index in [9.17, 15) is 18.3 Å². The number of aliphatic hydroxyl groups excluding tert-OH is 1. The molecule has 2 atom stereocenters. The summed E-state index contributed by atoms with van der Waals surface area (Å²) in [5, 5.41) is 10.7. The van der Waals surface area contributed by atoms with Gasteiger partial charge in [0.25, 0.3) is 0 Å². The van der Waals surface area contributed by atoms with Crippen LogP contribution in [0, 0.1) is 6.92 Å². The molecule has 3 aromatic heterocycles. The summed E-state index contributed by atoms with van der Waals surface area (Å²) >= 11 is 0. The van der Waals surface area contributed by atoms with Gasteiger partial charge in [0.15, 0.2) is 0 Å². The largest absolute Gasteiger partial charge is 0.395 e. The zero-order valence-corrected chi connectivity index (χ0v) is 15.0. The van der Waals surface area contributed by atoms with Crippen LogP contribution >= 0.6 is 0 Å². The molecule has 1 aliphatic heterocycles. The van der Waals surface area contributed by atoms with Crippen LogP contribution in [0.15, 0.2) is 18.5 Å². The molecule has 0 amide bonds. The minimum atomic E-state index is -4.14. The summed E-state index contributed by atoms with van der Waals surface area (Å²) in [6.07, 6.45) is -0.645. The number of aliphatic hydroxyl groups is 1. The third-order valence-corrected chi connectivity index (χ3v) is 5.40. The van der Waals surface area contributed by atoms with Crippen LogP contribution in [0.4, 0.5) is 13.2 Å². The van der Waals surface area contributed by atoms with E-state index < -0.39 is 12.6 Å². The van der Waals surface area contributed by atoms with Crippen molar-refractivity contribution in [2.75, 3.05) is 19.7 Å². The minimum Gasteiger partial charge on any atom is -0.395 e. The molecule has 9 heteroatoms. The Balaban J connectivity index is 1.62. The van der Waals surface area contributed by atoms with E-state index in [2.05, 4.69) is 19.5 Å². The van der Waals surface area contributed by atoms with Gasteiger partial charge in [-0.3, -0.25) is 4.90 Å². The molecule has 0 aromatic carbocycles. The first kappa shape index (κ1) is 18.2. The molecule has 2 unspecified atom stereocenters. The molecule has 0 radical (unpaired) electrons. The number of hydrogen-bond donors (Lipinski definition) is 2. The molecule has 0 saturated carbocycles. The first-order valence-electron chi connectivity index (χ1n) is 9.09. The highest BCUT2D eigenvalue weighted by Gasteiger charge is 2.35. The average molecular weight is 381 g/mol. The quantitative estimate of drug-likeness (QED) is 0.712. The van der Waals surface area contributed by atoms with E-state index in [-0.39, 0.29) is 25.1 Å². The van der Waals surface area contributed by atoms with E-state index in [0.717, 1.165) is 27.9 Å². The van der Waals surface area contributed by atoms with Gasteiger partial charge in [0, 0.05) is 36.6 Å². The molecule has 4 heterocycles. The van der Waals surface area contributed by atoms with Gasteiger partial charge >= 0.3 is 6.18 Å². The number of pyridine rings is 1. The highest BCUT2D eigenvalue weighted by atomic mass is 19.4. The molecule has 6 nitrogen and oxygen atoms in total. The Kier molecular flexibility index (Phi) is 4.59. The fraction of sp³-hybridized carbons (Fsp3) is 0.556. The van der Waals surface area contributed by atoms with E-state index in [1.807, 2.05) is 24.1 Å². The molecular weight excluding hydrogens is 359 g/mol.